The second kappa shape index (κ2) is 5.97. The highest BCUT2D eigenvalue weighted by Crippen LogP contribution is 2.18. The van der Waals surface area contributed by atoms with E-state index in [9.17, 15) is 0 Å². The Hall–Kier alpha value is -0.930. The van der Waals surface area contributed by atoms with Gasteiger partial charge >= 0.3 is 0 Å². The highest BCUT2D eigenvalue weighted by Gasteiger charge is 2.21. The molecule has 16 heavy (non-hydrogen) atoms. The van der Waals surface area contributed by atoms with Crippen molar-refractivity contribution in [2.75, 3.05) is 20.1 Å². The van der Waals surface area contributed by atoms with Crippen LogP contribution in [0.4, 0.5) is 0 Å². The molecule has 1 unspecified atom stereocenters. The Morgan fingerprint density at radius 2 is 2.38 bits per heavy atom. The van der Waals surface area contributed by atoms with Crippen LogP contribution in [-0.2, 0) is 6.54 Å². The third kappa shape index (κ3) is 3.03. The molecule has 0 radical (unpaired) electrons. The molecule has 3 nitrogen and oxygen atoms in total. The quantitative estimate of drug-likeness (QED) is 0.834. The Kier molecular flexibility index (Phi) is 4.31. The van der Waals surface area contributed by atoms with Gasteiger partial charge in [0.15, 0.2) is 0 Å². The number of likely N-dealkylation sites (tertiary alicyclic amines) is 1. The molecule has 1 aromatic rings. The molecule has 1 N–H and O–H groups in total. The molecule has 1 saturated heterocycles. The van der Waals surface area contributed by atoms with Gasteiger partial charge in [0.25, 0.3) is 0 Å². The number of nitrogens with one attached hydrogen (secondary N) is 1. The van der Waals surface area contributed by atoms with Crippen molar-refractivity contribution in [3.8, 4) is 0 Å². The molecule has 3 heteroatoms. The molecular weight excluding hydrogens is 198 g/mol. The van der Waals surface area contributed by atoms with Gasteiger partial charge in [-0.25, -0.2) is 0 Å². The maximum absolute atomic E-state index is 4.41. The molecule has 2 rings (SSSR count). The summed E-state index contributed by atoms with van der Waals surface area (Å²) in [6, 6.07) is 6.84. The highest BCUT2D eigenvalue weighted by molar-refractivity contribution is 5.03. The molecule has 0 spiro atoms. The van der Waals surface area contributed by atoms with Crippen molar-refractivity contribution in [1.82, 2.24) is 15.2 Å². The van der Waals surface area contributed by atoms with Gasteiger partial charge in [0.2, 0.25) is 0 Å². The Morgan fingerprint density at radius 1 is 1.44 bits per heavy atom. The minimum absolute atomic E-state index is 0.681. The fraction of sp³-hybridized carbons (Fsp3) is 0.615. The lowest BCUT2D eigenvalue weighted by molar-refractivity contribution is 0.137. The summed E-state index contributed by atoms with van der Waals surface area (Å²) in [5.74, 6) is 0. The number of pyridine rings is 1. The zero-order valence-corrected chi connectivity index (χ0v) is 10.0. The number of nitrogens with zero attached hydrogens (tertiary/aromatic N) is 2. The maximum Gasteiger partial charge on any atom is 0.0544 e. The van der Waals surface area contributed by atoms with Gasteiger partial charge in [-0.1, -0.05) is 12.5 Å². The van der Waals surface area contributed by atoms with Crippen LogP contribution >= 0.6 is 0 Å². The molecule has 1 atom stereocenters. The predicted molar refractivity (Wildman–Crippen MR) is 66.2 cm³/mol. The zero-order valence-electron chi connectivity index (χ0n) is 10.0. The molecule has 1 fully saturated rings. The minimum atomic E-state index is 0.681. The van der Waals surface area contributed by atoms with Crippen LogP contribution in [0.15, 0.2) is 24.4 Å². The normalized spacial score (nSPS) is 22.2. The van der Waals surface area contributed by atoms with Gasteiger partial charge in [-0.05, 0) is 38.6 Å². The Labute approximate surface area is 97.9 Å². The van der Waals surface area contributed by atoms with Gasteiger partial charge in [-0.3, -0.25) is 9.88 Å². The minimum Gasteiger partial charge on any atom is -0.318 e. The fourth-order valence-corrected chi connectivity index (χ4v) is 2.43. The summed E-state index contributed by atoms with van der Waals surface area (Å²) >= 11 is 0. The molecule has 0 aromatic carbocycles. The van der Waals surface area contributed by atoms with Crippen LogP contribution in [0, 0.1) is 0 Å². The van der Waals surface area contributed by atoms with Gasteiger partial charge in [0, 0.05) is 25.3 Å². The lowest BCUT2D eigenvalue weighted by Crippen LogP contribution is -2.44. The Morgan fingerprint density at radius 3 is 3.12 bits per heavy atom. The molecule has 1 aliphatic heterocycles. The van der Waals surface area contributed by atoms with Crippen LogP contribution in [0.5, 0.6) is 0 Å². The van der Waals surface area contributed by atoms with Crippen molar-refractivity contribution in [2.24, 2.45) is 0 Å². The molecule has 88 valence electrons. The number of hydrogen-bond donors (Lipinski definition) is 1. The average molecular weight is 219 g/mol. The van der Waals surface area contributed by atoms with E-state index < -0.39 is 0 Å². The third-order valence-electron chi connectivity index (χ3n) is 3.28. The van der Waals surface area contributed by atoms with Crippen molar-refractivity contribution in [1.29, 1.82) is 0 Å². The first-order valence-corrected chi connectivity index (χ1v) is 6.18. The van der Waals surface area contributed by atoms with Crippen LogP contribution in [0.1, 0.15) is 25.0 Å². The van der Waals surface area contributed by atoms with E-state index in [0.717, 1.165) is 13.1 Å². The smallest absolute Gasteiger partial charge is 0.0544 e. The number of likely N-dealkylation sites (N-methyl/N-ethyl adjacent to an activating group) is 1. The summed E-state index contributed by atoms with van der Waals surface area (Å²) in [6.45, 7) is 3.29. The van der Waals surface area contributed by atoms with Gasteiger partial charge in [-0.2, -0.15) is 0 Å². The summed E-state index contributed by atoms with van der Waals surface area (Å²) in [5, 5.41) is 3.29. The third-order valence-corrected chi connectivity index (χ3v) is 3.28. The fourth-order valence-electron chi connectivity index (χ4n) is 2.43. The predicted octanol–water partition coefficient (Wildman–Crippen LogP) is 1.66. The molecule has 0 aliphatic carbocycles. The first kappa shape index (κ1) is 11.6. The van der Waals surface area contributed by atoms with Crippen LogP contribution in [0.2, 0.25) is 0 Å². The Bertz CT molecular complexity index is 297. The monoisotopic (exact) mass is 219 g/mol. The van der Waals surface area contributed by atoms with E-state index in [4.69, 9.17) is 0 Å². The zero-order chi connectivity index (χ0) is 11.2. The maximum atomic E-state index is 4.41. The molecule has 1 aromatic heterocycles. The number of rotatable bonds is 4. The first-order valence-electron chi connectivity index (χ1n) is 6.18. The van der Waals surface area contributed by atoms with Crippen molar-refractivity contribution < 1.29 is 0 Å². The van der Waals surface area contributed by atoms with Crippen molar-refractivity contribution >= 4 is 0 Å². The van der Waals surface area contributed by atoms with Gasteiger partial charge < -0.3 is 5.32 Å². The van der Waals surface area contributed by atoms with Gasteiger partial charge in [-0.15, -0.1) is 0 Å². The van der Waals surface area contributed by atoms with Crippen molar-refractivity contribution in [3.05, 3.63) is 30.1 Å². The summed E-state index contributed by atoms with van der Waals surface area (Å²) < 4.78 is 0. The highest BCUT2D eigenvalue weighted by atomic mass is 15.2. The average Bonchev–Trinajstić information content (AvgIpc) is 2.33. The van der Waals surface area contributed by atoms with Gasteiger partial charge in [0.05, 0.1) is 5.69 Å². The number of piperidine rings is 1. The van der Waals surface area contributed by atoms with E-state index in [1.165, 1.54) is 31.5 Å². The number of hydrogen-bond acceptors (Lipinski definition) is 3. The van der Waals surface area contributed by atoms with E-state index >= 15 is 0 Å². The van der Waals surface area contributed by atoms with E-state index in [-0.39, 0.29) is 0 Å². The molecule has 2 heterocycles. The molecule has 0 saturated carbocycles. The van der Waals surface area contributed by atoms with E-state index in [1.807, 2.05) is 19.3 Å². The lowest BCUT2D eigenvalue weighted by Gasteiger charge is -2.35. The van der Waals surface area contributed by atoms with Crippen LogP contribution < -0.4 is 5.32 Å². The van der Waals surface area contributed by atoms with E-state index in [2.05, 4.69) is 27.3 Å². The first-order chi connectivity index (χ1) is 7.90. The molecule has 1 aliphatic rings. The molecule has 0 bridgehead atoms. The van der Waals surface area contributed by atoms with E-state index in [0.29, 0.717) is 6.04 Å². The lowest BCUT2D eigenvalue weighted by atomic mass is 10.0. The summed E-state index contributed by atoms with van der Waals surface area (Å²) in [7, 11) is 2.04. The second-order valence-corrected chi connectivity index (χ2v) is 4.50. The summed E-state index contributed by atoms with van der Waals surface area (Å²) in [5.41, 5.74) is 1.19. The van der Waals surface area contributed by atoms with Crippen LogP contribution in [0.25, 0.3) is 0 Å². The standard InChI is InChI=1S/C13H21N3/c1-14-10-13-7-3-5-9-16(13)11-12-6-2-4-8-15-12/h2,4,6,8,13-14H,3,5,7,9-11H2,1H3. The topological polar surface area (TPSA) is 28.2 Å². The SMILES string of the molecule is CNCC1CCCCN1Cc1ccccn1. The summed E-state index contributed by atoms with van der Waals surface area (Å²) in [4.78, 5) is 6.96. The van der Waals surface area contributed by atoms with Crippen molar-refractivity contribution in [3.63, 3.8) is 0 Å². The van der Waals surface area contributed by atoms with Crippen LogP contribution in [-0.4, -0.2) is 36.1 Å². The second-order valence-electron chi connectivity index (χ2n) is 4.50. The summed E-state index contributed by atoms with van der Waals surface area (Å²) in [6.07, 6.45) is 5.89. The van der Waals surface area contributed by atoms with E-state index in [1.54, 1.807) is 0 Å². The number of aromatic nitrogens is 1. The van der Waals surface area contributed by atoms with Crippen molar-refractivity contribution in [2.45, 2.75) is 31.8 Å². The Balaban J connectivity index is 1.96. The largest absolute Gasteiger partial charge is 0.318 e. The van der Waals surface area contributed by atoms with Gasteiger partial charge in [0.1, 0.15) is 0 Å². The van der Waals surface area contributed by atoms with Crippen LogP contribution in [0.3, 0.4) is 0 Å². The molecule has 0 amide bonds. The molecular formula is C13H21N3.